The second kappa shape index (κ2) is 5.40. The van der Waals surface area contributed by atoms with Gasteiger partial charge in [-0.3, -0.25) is 14.3 Å². The van der Waals surface area contributed by atoms with Gasteiger partial charge in [-0.25, -0.2) is 4.98 Å². The summed E-state index contributed by atoms with van der Waals surface area (Å²) in [4.78, 5) is 21.1. The van der Waals surface area contributed by atoms with Gasteiger partial charge in [0.25, 0.3) is 5.56 Å². The van der Waals surface area contributed by atoms with Crippen LogP contribution in [0.4, 0.5) is 0 Å². The van der Waals surface area contributed by atoms with Crippen molar-refractivity contribution in [1.82, 2.24) is 14.5 Å². The van der Waals surface area contributed by atoms with Crippen molar-refractivity contribution in [3.63, 3.8) is 0 Å². The molecule has 2 aromatic heterocycles. The van der Waals surface area contributed by atoms with E-state index in [0.29, 0.717) is 6.67 Å². The van der Waals surface area contributed by atoms with E-state index in [2.05, 4.69) is 16.8 Å². The van der Waals surface area contributed by atoms with Crippen molar-refractivity contribution in [3.05, 3.63) is 27.6 Å². The fraction of sp³-hybridized carbons (Fsp3) is 0.538. The Hall–Kier alpha value is -1.24. The lowest BCUT2D eigenvalue weighted by Gasteiger charge is -2.26. The molecule has 0 saturated carbocycles. The SMILES string of the molecule is CCc1cc2c(=O)n(CN3CCOCC3)cnc2s1. The molecule has 0 unspecified atom stereocenters. The summed E-state index contributed by atoms with van der Waals surface area (Å²) in [6.07, 6.45) is 2.61. The molecule has 19 heavy (non-hydrogen) atoms. The van der Waals surface area contributed by atoms with Crippen LogP contribution in [0.1, 0.15) is 11.8 Å². The second-order valence-corrected chi connectivity index (χ2v) is 5.79. The van der Waals surface area contributed by atoms with Gasteiger partial charge in [-0.2, -0.15) is 0 Å². The highest BCUT2D eigenvalue weighted by atomic mass is 32.1. The molecule has 3 heterocycles. The maximum absolute atomic E-state index is 12.4. The Bertz CT molecular complexity index is 628. The molecule has 2 aromatic rings. The molecule has 5 nitrogen and oxygen atoms in total. The fourth-order valence-electron chi connectivity index (χ4n) is 2.24. The predicted molar refractivity (Wildman–Crippen MR) is 75.7 cm³/mol. The van der Waals surface area contributed by atoms with E-state index in [4.69, 9.17) is 4.74 Å². The number of rotatable bonds is 3. The van der Waals surface area contributed by atoms with Gasteiger partial charge in [0, 0.05) is 18.0 Å². The van der Waals surface area contributed by atoms with Crippen LogP contribution in [0.25, 0.3) is 10.2 Å². The molecule has 1 aliphatic rings. The largest absolute Gasteiger partial charge is 0.379 e. The third kappa shape index (κ3) is 2.56. The molecule has 102 valence electrons. The normalized spacial score (nSPS) is 17.1. The Balaban J connectivity index is 1.91. The highest BCUT2D eigenvalue weighted by Gasteiger charge is 2.13. The van der Waals surface area contributed by atoms with Gasteiger partial charge in [0.2, 0.25) is 0 Å². The summed E-state index contributed by atoms with van der Waals surface area (Å²) in [5.41, 5.74) is 0.0624. The van der Waals surface area contributed by atoms with Crippen molar-refractivity contribution >= 4 is 21.6 Å². The lowest BCUT2D eigenvalue weighted by molar-refractivity contribution is 0.0228. The van der Waals surface area contributed by atoms with E-state index in [1.54, 1.807) is 22.2 Å². The monoisotopic (exact) mass is 279 g/mol. The summed E-state index contributed by atoms with van der Waals surface area (Å²) in [5, 5.41) is 0.748. The van der Waals surface area contributed by atoms with Crippen molar-refractivity contribution in [1.29, 1.82) is 0 Å². The summed E-state index contributed by atoms with van der Waals surface area (Å²) >= 11 is 1.61. The number of nitrogens with zero attached hydrogens (tertiary/aromatic N) is 3. The molecule has 0 aromatic carbocycles. The highest BCUT2D eigenvalue weighted by Crippen LogP contribution is 2.20. The first kappa shape index (κ1) is 12.8. The zero-order valence-corrected chi connectivity index (χ0v) is 11.8. The standard InChI is InChI=1S/C13H17N3O2S/c1-2-10-7-11-12(19-10)14-8-16(13(11)17)9-15-3-5-18-6-4-15/h7-8H,2-6,9H2,1H3. The Morgan fingerprint density at radius 1 is 1.42 bits per heavy atom. The molecular formula is C13H17N3O2S. The van der Waals surface area contributed by atoms with Gasteiger partial charge >= 0.3 is 0 Å². The molecule has 6 heteroatoms. The van der Waals surface area contributed by atoms with Crippen molar-refractivity contribution < 1.29 is 4.74 Å². The van der Waals surface area contributed by atoms with E-state index in [-0.39, 0.29) is 5.56 Å². The second-order valence-electron chi connectivity index (χ2n) is 4.68. The fourth-order valence-corrected chi connectivity index (χ4v) is 3.17. The van der Waals surface area contributed by atoms with Gasteiger partial charge < -0.3 is 4.74 Å². The maximum atomic E-state index is 12.4. The first-order chi connectivity index (χ1) is 9.28. The number of morpholine rings is 1. The maximum Gasteiger partial charge on any atom is 0.263 e. The van der Waals surface area contributed by atoms with Crippen LogP contribution in [-0.2, 0) is 17.8 Å². The van der Waals surface area contributed by atoms with E-state index in [0.717, 1.165) is 42.9 Å². The number of hydrogen-bond acceptors (Lipinski definition) is 5. The van der Waals surface area contributed by atoms with Gasteiger partial charge in [0.05, 0.1) is 25.3 Å². The van der Waals surface area contributed by atoms with Gasteiger partial charge in [0.15, 0.2) is 0 Å². The van der Waals surface area contributed by atoms with Crippen LogP contribution in [0, 0.1) is 0 Å². The van der Waals surface area contributed by atoms with Gasteiger partial charge in [0.1, 0.15) is 11.2 Å². The summed E-state index contributed by atoms with van der Waals surface area (Å²) < 4.78 is 7.01. The first-order valence-electron chi connectivity index (χ1n) is 6.56. The third-order valence-corrected chi connectivity index (χ3v) is 4.56. The molecule has 0 atom stereocenters. The summed E-state index contributed by atoms with van der Waals surface area (Å²) in [6.45, 7) is 5.91. The molecule has 0 aliphatic carbocycles. The van der Waals surface area contributed by atoms with Gasteiger partial charge in [-0.1, -0.05) is 6.92 Å². The minimum atomic E-state index is 0.0624. The summed E-state index contributed by atoms with van der Waals surface area (Å²) in [5.74, 6) is 0. The van der Waals surface area contributed by atoms with E-state index < -0.39 is 0 Å². The molecule has 0 spiro atoms. The van der Waals surface area contributed by atoms with Gasteiger partial charge in [-0.15, -0.1) is 11.3 Å². The minimum absolute atomic E-state index is 0.0624. The summed E-state index contributed by atoms with van der Waals surface area (Å²) in [6, 6.07) is 1.98. The lowest BCUT2D eigenvalue weighted by atomic mass is 10.3. The molecule has 0 bridgehead atoms. The third-order valence-electron chi connectivity index (χ3n) is 3.37. The molecule has 0 radical (unpaired) electrons. The zero-order chi connectivity index (χ0) is 13.2. The van der Waals surface area contributed by atoms with E-state index in [9.17, 15) is 4.79 Å². The van der Waals surface area contributed by atoms with Gasteiger partial charge in [-0.05, 0) is 12.5 Å². The van der Waals surface area contributed by atoms with E-state index in [1.807, 2.05) is 6.07 Å². The topological polar surface area (TPSA) is 47.4 Å². The number of aryl methyl sites for hydroxylation is 1. The van der Waals surface area contributed by atoms with Crippen LogP contribution in [0.15, 0.2) is 17.2 Å². The van der Waals surface area contributed by atoms with Crippen LogP contribution < -0.4 is 5.56 Å². The van der Waals surface area contributed by atoms with Crippen LogP contribution in [0.3, 0.4) is 0 Å². The Morgan fingerprint density at radius 2 is 2.21 bits per heavy atom. The molecule has 0 N–H and O–H groups in total. The molecule has 0 amide bonds. The number of aromatic nitrogens is 2. The van der Waals surface area contributed by atoms with Crippen molar-refractivity contribution in [3.8, 4) is 0 Å². The van der Waals surface area contributed by atoms with Crippen molar-refractivity contribution in [2.24, 2.45) is 0 Å². The average Bonchev–Trinajstić information content (AvgIpc) is 2.87. The van der Waals surface area contributed by atoms with Crippen molar-refractivity contribution in [2.45, 2.75) is 20.0 Å². The van der Waals surface area contributed by atoms with Crippen LogP contribution in [0.2, 0.25) is 0 Å². The Labute approximate surface area is 115 Å². The Morgan fingerprint density at radius 3 is 2.95 bits per heavy atom. The van der Waals surface area contributed by atoms with Crippen LogP contribution in [0.5, 0.6) is 0 Å². The van der Waals surface area contributed by atoms with E-state index in [1.165, 1.54) is 4.88 Å². The lowest BCUT2D eigenvalue weighted by Crippen LogP contribution is -2.39. The average molecular weight is 279 g/mol. The molecule has 1 fully saturated rings. The number of fused-ring (bicyclic) bond motifs is 1. The highest BCUT2D eigenvalue weighted by molar-refractivity contribution is 7.18. The minimum Gasteiger partial charge on any atom is -0.379 e. The first-order valence-corrected chi connectivity index (χ1v) is 7.37. The number of hydrogen-bond donors (Lipinski definition) is 0. The molecular weight excluding hydrogens is 262 g/mol. The van der Waals surface area contributed by atoms with Crippen molar-refractivity contribution in [2.75, 3.05) is 26.3 Å². The zero-order valence-electron chi connectivity index (χ0n) is 11.0. The van der Waals surface area contributed by atoms with Crippen LogP contribution >= 0.6 is 11.3 Å². The number of ether oxygens (including phenoxy) is 1. The summed E-state index contributed by atoms with van der Waals surface area (Å²) in [7, 11) is 0. The quantitative estimate of drug-likeness (QED) is 0.850. The predicted octanol–water partition coefficient (Wildman–Crippen LogP) is 1.31. The van der Waals surface area contributed by atoms with E-state index >= 15 is 0 Å². The Kier molecular flexibility index (Phi) is 3.63. The number of thiophene rings is 1. The molecule has 3 rings (SSSR count). The molecule has 1 aliphatic heterocycles. The molecule has 1 saturated heterocycles. The van der Waals surface area contributed by atoms with Crippen LogP contribution in [-0.4, -0.2) is 40.8 Å². The smallest absolute Gasteiger partial charge is 0.263 e.